The summed E-state index contributed by atoms with van der Waals surface area (Å²) in [5, 5.41) is 0. The molecule has 0 aromatic heterocycles. The van der Waals surface area contributed by atoms with Crippen LogP contribution in [0, 0.1) is 0 Å². The summed E-state index contributed by atoms with van der Waals surface area (Å²) >= 11 is 0. The van der Waals surface area contributed by atoms with Crippen molar-refractivity contribution in [2.45, 2.75) is 33.6 Å². The minimum atomic E-state index is 1.02. The molecule has 0 fully saturated rings. The van der Waals surface area contributed by atoms with Gasteiger partial charge in [-0.05, 0) is 32.3 Å². The monoisotopic (exact) mass is 165 g/mol. The van der Waals surface area contributed by atoms with Gasteiger partial charge in [0.15, 0.2) is 0 Å². The summed E-state index contributed by atoms with van der Waals surface area (Å²) in [6.45, 7) is 6.27. The van der Waals surface area contributed by atoms with E-state index in [-0.39, 0.29) is 0 Å². The molecule has 0 heterocycles. The van der Waals surface area contributed by atoms with Gasteiger partial charge in [-0.15, -0.1) is 0 Å². The fourth-order valence-electron chi connectivity index (χ4n) is 1.04. The Kier molecular flexibility index (Phi) is 6.35. The van der Waals surface area contributed by atoms with Gasteiger partial charge in [0.25, 0.3) is 0 Å². The molecule has 0 radical (unpaired) electrons. The third-order valence-electron chi connectivity index (χ3n) is 1.92. The van der Waals surface area contributed by atoms with Crippen LogP contribution < -0.4 is 0 Å². The van der Waals surface area contributed by atoms with Crippen LogP contribution in [0.15, 0.2) is 28.8 Å². The van der Waals surface area contributed by atoms with Crippen molar-refractivity contribution in [2.24, 2.45) is 4.99 Å². The van der Waals surface area contributed by atoms with Gasteiger partial charge >= 0.3 is 0 Å². The third-order valence-corrected chi connectivity index (χ3v) is 1.92. The first kappa shape index (κ1) is 11.2. The maximum atomic E-state index is 4.16. The Balaban J connectivity index is 4.23. The molecule has 0 N–H and O–H groups in total. The van der Waals surface area contributed by atoms with Gasteiger partial charge in [0.1, 0.15) is 0 Å². The van der Waals surface area contributed by atoms with Crippen molar-refractivity contribution >= 4 is 5.71 Å². The second-order valence-electron chi connectivity index (χ2n) is 2.70. The molecule has 12 heavy (non-hydrogen) atoms. The van der Waals surface area contributed by atoms with Crippen molar-refractivity contribution in [1.29, 1.82) is 0 Å². The number of allylic oxidation sites excluding steroid dienone is 4. The Labute approximate surface area is 75.9 Å². The number of hydrogen-bond acceptors (Lipinski definition) is 1. The molecule has 0 rings (SSSR count). The summed E-state index contributed by atoms with van der Waals surface area (Å²) in [5.74, 6) is 0. The first-order chi connectivity index (χ1) is 5.76. The van der Waals surface area contributed by atoms with E-state index in [1.807, 2.05) is 14.0 Å². The van der Waals surface area contributed by atoms with Gasteiger partial charge in [-0.25, -0.2) is 0 Å². The standard InChI is InChI=1S/C11H19N/c1-5-7-8-9-11(6-2)10(3)12-4/h5,7,9H,6,8H2,1-4H3/b7-5-,11-9+,12-10+. The van der Waals surface area contributed by atoms with Gasteiger partial charge < -0.3 is 0 Å². The maximum Gasteiger partial charge on any atom is 0.0342 e. The molecule has 1 nitrogen and oxygen atoms in total. The Morgan fingerprint density at radius 2 is 2.08 bits per heavy atom. The molecule has 0 aliphatic rings. The van der Waals surface area contributed by atoms with Crippen LogP contribution in [0.3, 0.4) is 0 Å². The number of rotatable bonds is 4. The fourth-order valence-corrected chi connectivity index (χ4v) is 1.04. The van der Waals surface area contributed by atoms with Crippen LogP contribution in [0.1, 0.15) is 33.6 Å². The molecule has 0 aromatic rings. The minimum absolute atomic E-state index is 1.02. The van der Waals surface area contributed by atoms with Crippen molar-refractivity contribution < 1.29 is 0 Å². The summed E-state index contributed by atoms with van der Waals surface area (Å²) in [6.07, 6.45) is 8.55. The second-order valence-corrected chi connectivity index (χ2v) is 2.70. The average molecular weight is 165 g/mol. The normalized spacial score (nSPS) is 14.3. The molecule has 0 bridgehead atoms. The highest BCUT2D eigenvalue weighted by Crippen LogP contribution is 2.05. The molecule has 0 aliphatic carbocycles. The van der Waals surface area contributed by atoms with E-state index < -0.39 is 0 Å². The maximum absolute atomic E-state index is 4.16. The molecule has 0 spiro atoms. The Morgan fingerprint density at radius 3 is 2.50 bits per heavy atom. The van der Waals surface area contributed by atoms with Gasteiger partial charge in [-0.1, -0.05) is 25.2 Å². The highest BCUT2D eigenvalue weighted by Gasteiger charge is 1.95. The summed E-state index contributed by atoms with van der Waals surface area (Å²) in [4.78, 5) is 4.16. The SMILES string of the molecule is C/C=C\C/C=C(CC)/C(C)=N/C. The van der Waals surface area contributed by atoms with Gasteiger partial charge in [0.2, 0.25) is 0 Å². The zero-order valence-corrected chi connectivity index (χ0v) is 8.59. The van der Waals surface area contributed by atoms with Crippen molar-refractivity contribution in [3.63, 3.8) is 0 Å². The highest BCUT2D eigenvalue weighted by molar-refractivity contribution is 5.97. The lowest BCUT2D eigenvalue weighted by molar-refractivity contribution is 1.13. The highest BCUT2D eigenvalue weighted by atomic mass is 14.7. The molecule has 1 heteroatoms. The van der Waals surface area contributed by atoms with E-state index in [2.05, 4.69) is 37.1 Å². The summed E-state index contributed by atoms with van der Waals surface area (Å²) in [6, 6.07) is 0. The van der Waals surface area contributed by atoms with Crippen LogP contribution in [0.5, 0.6) is 0 Å². The molecule has 0 saturated carbocycles. The van der Waals surface area contributed by atoms with Crippen LogP contribution >= 0.6 is 0 Å². The Morgan fingerprint density at radius 1 is 1.42 bits per heavy atom. The predicted molar refractivity (Wildman–Crippen MR) is 56.8 cm³/mol. The van der Waals surface area contributed by atoms with Crippen molar-refractivity contribution in [3.8, 4) is 0 Å². The van der Waals surface area contributed by atoms with Crippen LogP contribution in [0.2, 0.25) is 0 Å². The minimum Gasteiger partial charge on any atom is -0.293 e. The zero-order valence-electron chi connectivity index (χ0n) is 8.59. The van der Waals surface area contributed by atoms with Crippen molar-refractivity contribution in [2.75, 3.05) is 7.05 Å². The summed E-state index contributed by atoms with van der Waals surface area (Å²) in [7, 11) is 1.84. The molecule has 0 unspecified atom stereocenters. The largest absolute Gasteiger partial charge is 0.293 e. The number of aliphatic imine (C=N–C) groups is 1. The molecule has 0 amide bonds. The van der Waals surface area contributed by atoms with Gasteiger partial charge in [0.05, 0.1) is 0 Å². The fraction of sp³-hybridized carbons (Fsp3) is 0.545. The first-order valence-electron chi connectivity index (χ1n) is 4.50. The lowest BCUT2D eigenvalue weighted by atomic mass is 10.1. The summed E-state index contributed by atoms with van der Waals surface area (Å²) < 4.78 is 0. The lowest BCUT2D eigenvalue weighted by Crippen LogP contribution is -1.95. The van der Waals surface area contributed by atoms with E-state index in [1.54, 1.807) is 0 Å². The van der Waals surface area contributed by atoms with Crippen molar-refractivity contribution in [1.82, 2.24) is 0 Å². The number of hydrogen-bond donors (Lipinski definition) is 0. The van der Waals surface area contributed by atoms with Crippen molar-refractivity contribution in [3.05, 3.63) is 23.8 Å². The molecule has 0 atom stereocenters. The van der Waals surface area contributed by atoms with E-state index in [4.69, 9.17) is 0 Å². The van der Waals surface area contributed by atoms with E-state index in [9.17, 15) is 0 Å². The molecular formula is C11H19N. The van der Waals surface area contributed by atoms with Gasteiger partial charge in [0, 0.05) is 12.8 Å². The summed E-state index contributed by atoms with van der Waals surface area (Å²) in [5.41, 5.74) is 2.51. The van der Waals surface area contributed by atoms with Crippen LogP contribution in [0.25, 0.3) is 0 Å². The molecule has 68 valence electrons. The topological polar surface area (TPSA) is 12.4 Å². The molecule has 0 aromatic carbocycles. The average Bonchev–Trinajstić information content (AvgIpc) is 2.11. The van der Waals surface area contributed by atoms with Gasteiger partial charge in [-0.3, -0.25) is 4.99 Å². The van der Waals surface area contributed by atoms with E-state index in [0.29, 0.717) is 0 Å². The lowest BCUT2D eigenvalue weighted by Gasteiger charge is -2.01. The quantitative estimate of drug-likeness (QED) is 0.447. The van der Waals surface area contributed by atoms with Gasteiger partial charge in [-0.2, -0.15) is 0 Å². The Hall–Kier alpha value is -0.850. The molecular weight excluding hydrogens is 146 g/mol. The van der Waals surface area contributed by atoms with E-state index in [0.717, 1.165) is 18.6 Å². The van der Waals surface area contributed by atoms with E-state index >= 15 is 0 Å². The van der Waals surface area contributed by atoms with Crippen LogP contribution in [-0.4, -0.2) is 12.8 Å². The predicted octanol–water partition coefficient (Wildman–Crippen LogP) is 3.38. The van der Waals surface area contributed by atoms with Crippen LogP contribution in [-0.2, 0) is 0 Å². The zero-order chi connectivity index (χ0) is 9.40. The smallest absolute Gasteiger partial charge is 0.0342 e. The third kappa shape index (κ3) is 4.12. The van der Waals surface area contributed by atoms with E-state index in [1.165, 1.54) is 5.57 Å². The first-order valence-corrected chi connectivity index (χ1v) is 4.50. The molecule has 0 aliphatic heterocycles. The second kappa shape index (κ2) is 6.84. The Bertz CT molecular complexity index is 197. The van der Waals surface area contributed by atoms with Crippen LogP contribution in [0.4, 0.5) is 0 Å². The molecule has 0 saturated heterocycles. The number of nitrogens with zero attached hydrogens (tertiary/aromatic N) is 1.